The second kappa shape index (κ2) is 7.25. The Kier molecular flexibility index (Phi) is 4.79. The van der Waals surface area contributed by atoms with E-state index in [1.165, 1.54) is 15.6 Å². The Hall–Kier alpha value is -2.10. The highest BCUT2D eigenvalue weighted by atomic mass is 32.2. The summed E-state index contributed by atoms with van der Waals surface area (Å²) in [6.07, 6.45) is 5.04. The topological polar surface area (TPSA) is 84.9 Å². The maximum absolute atomic E-state index is 13.0. The molecule has 1 N–H and O–H groups in total. The number of benzene rings is 1. The first-order chi connectivity index (χ1) is 14.4. The smallest absolute Gasteiger partial charge is 0.253 e. The molecule has 1 amide bonds. The van der Waals surface area contributed by atoms with Crippen LogP contribution in [0.3, 0.4) is 0 Å². The number of fused-ring (bicyclic) bond motifs is 1. The number of thiophene rings is 1. The van der Waals surface area contributed by atoms with Crippen LogP contribution in [0.4, 0.5) is 5.69 Å². The highest BCUT2D eigenvalue weighted by molar-refractivity contribution is 7.91. The molecule has 1 saturated heterocycles. The average molecular weight is 449 g/mol. The van der Waals surface area contributed by atoms with Crippen molar-refractivity contribution in [2.45, 2.75) is 61.5 Å². The van der Waals surface area contributed by atoms with E-state index in [0.29, 0.717) is 36.6 Å². The molecule has 3 aliphatic rings. The molecule has 1 saturated carbocycles. The molecule has 1 spiro atoms. The Balaban J connectivity index is 1.32. The minimum Gasteiger partial charge on any atom is -0.448 e. The van der Waals surface area contributed by atoms with Gasteiger partial charge in [-0.05, 0) is 56.9 Å². The van der Waals surface area contributed by atoms with E-state index in [-0.39, 0.29) is 10.1 Å². The van der Waals surface area contributed by atoms with Gasteiger partial charge in [0.2, 0.25) is 5.91 Å². The number of hydrogen-bond acceptors (Lipinski definition) is 6. The van der Waals surface area contributed by atoms with Crippen LogP contribution in [-0.4, -0.2) is 37.0 Å². The number of rotatable bonds is 4. The van der Waals surface area contributed by atoms with Gasteiger partial charge in [-0.2, -0.15) is 4.31 Å². The van der Waals surface area contributed by atoms with Crippen molar-refractivity contribution >= 4 is 33.0 Å². The molecule has 1 aromatic carbocycles. The van der Waals surface area contributed by atoms with Gasteiger partial charge >= 0.3 is 0 Å². The van der Waals surface area contributed by atoms with Gasteiger partial charge in [-0.25, -0.2) is 8.42 Å². The Morgan fingerprint density at radius 2 is 1.90 bits per heavy atom. The van der Waals surface area contributed by atoms with Crippen LogP contribution in [0.15, 0.2) is 34.5 Å². The number of amides is 1. The molecule has 2 fully saturated rings. The number of nitrogens with zero attached hydrogens (tertiary/aromatic N) is 1. The normalized spacial score (nSPS) is 22.6. The van der Waals surface area contributed by atoms with E-state index in [1.54, 1.807) is 30.3 Å². The van der Waals surface area contributed by atoms with E-state index in [0.717, 1.165) is 30.6 Å². The van der Waals surface area contributed by atoms with Gasteiger partial charge in [-0.15, -0.1) is 11.3 Å². The summed E-state index contributed by atoms with van der Waals surface area (Å²) in [4.78, 5) is 13.9. The molecule has 0 bridgehead atoms. The zero-order valence-electron chi connectivity index (χ0n) is 16.7. The van der Waals surface area contributed by atoms with Crippen molar-refractivity contribution < 1.29 is 22.7 Å². The van der Waals surface area contributed by atoms with Crippen LogP contribution in [0.1, 0.15) is 43.4 Å². The minimum absolute atomic E-state index is 0.282. The fourth-order valence-electron chi connectivity index (χ4n) is 4.47. The van der Waals surface area contributed by atoms with Crippen molar-refractivity contribution in [1.82, 2.24) is 4.31 Å². The number of hydrogen-bond donors (Lipinski definition) is 1. The van der Waals surface area contributed by atoms with Gasteiger partial charge in [0.25, 0.3) is 15.8 Å². The number of carbonyl (C=O) groups is 1. The molecule has 1 atom stereocenters. The molecule has 1 aromatic heterocycles. The molecule has 0 unspecified atom stereocenters. The maximum Gasteiger partial charge on any atom is 0.253 e. The van der Waals surface area contributed by atoms with Crippen LogP contribution in [0, 0.1) is 6.92 Å². The molecule has 2 aromatic rings. The largest absolute Gasteiger partial charge is 0.448 e. The van der Waals surface area contributed by atoms with Gasteiger partial charge in [-0.3, -0.25) is 4.79 Å². The van der Waals surface area contributed by atoms with Crippen LogP contribution < -0.4 is 14.8 Å². The van der Waals surface area contributed by atoms with E-state index in [1.807, 2.05) is 6.92 Å². The summed E-state index contributed by atoms with van der Waals surface area (Å²) >= 11 is 1.23. The van der Waals surface area contributed by atoms with Gasteiger partial charge in [-0.1, -0.05) is 0 Å². The number of aryl methyl sites for hydroxylation is 1. The first-order valence-corrected chi connectivity index (χ1v) is 12.5. The summed E-state index contributed by atoms with van der Waals surface area (Å²) in [6, 6.07) is 8.01. The van der Waals surface area contributed by atoms with Gasteiger partial charge < -0.3 is 14.8 Å². The summed E-state index contributed by atoms with van der Waals surface area (Å²) in [6.45, 7) is 2.22. The lowest BCUT2D eigenvalue weighted by Crippen LogP contribution is -2.42. The number of anilines is 1. The van der Waals surface area contributed by atoms with Crippen LogP contribution in [0.5, 0.6) is 11.5 Å². The first-order valence-electron chi connectivity index (χ1n) is 10.3. The van der Waals surface area contributed by atoms with Crippen molar-refractivity contribution in [3.8, 4) is 11.5 Å². The number of carbonyl (C=O) groups excluding carboxylic acids is 1. The quantitative estimate of drug-likeness (QED) is 0.767. The number of sulfonamides is 1. The molecular weight excluding hydrogens is 424 g/mol. The van der Waals surface area contributed by atoms with Crippen molar-refractivity contribution in [1.29, 1.82) is 0 Å². The fraction of sp³-hybridized carbons (Fsp3) is 0.476. The van der Waals surface area contributed by atoms with E-state index in [2.05, 4.69) is 5.32 Å². The zero-order valence-corrected chi connectivity index (χ0v) is 18.4. The third kappa shape index (κ3) is 3.38. The third-order valence-corrected chi connectivity index (χ3v) is 9.33. The second-order valence-electron chi connectivity index (χ2n) is 8.11. The molecule has 7 nitrogen and oxygen atoms in total. The Morgan fingerprint density at radius 1 is 1.13 bits per heavy atom. The van der Waals surface area contributed by atoms with Crippen LogP contribution >= 0.6 is 11.3 Å². The van der Waals surface area contributed by atoms with Gasteiger partial charge in [0, 0.05) is 36.0 Å². The summed E-state index contributed by atoms with van der Waals surface area (Å²) < 4.78 is 39.7. The van der Waals surface area contributed by atoms with Crippen molar-refractivity contribution in [2.75, 3.05) is 11.9 Å². The highest BCUT2D eigenvalue weighted by Crippen LogP contribution is 2.47. The second-order valence-corrected chi connectivity index (χ2v) is 11.5. The molecule has 30 heavy (non-hydrogen) atoms. The summed E-state index contributed by atoms with van der Waals surface area (Å²) in [5.41, 5.74) is 0.577. The van der Waals surface area contributed by atoms with Gasteiger partial charge in [0.1, 0.15) is 10.3 Å². The Morgan fingerprint density at radius 3 is 2.63 bits per heavy atom. The van der Waals surface area contributed by atoms with E-state index >= 15 is 0 Å². The summed E-state index contributed by atoms with van der Waals surface area (Å²) in [5, 5.41) is 2.87. The number of ether oxygens (including phenoxy) is 2. The standard InChI is InChI=1S/C21H24N2O5S2/c1-14-6-9-19(29-14)30(25,26)23-12-4-5-16(23)20(24)22-15-7-8-17-18(13-15)28-21(27-17)10-2-3-11-21/h6-9,13,16H,2-5,10-12H2,1H3,(H,22,24)/t16-/m1/s1. The molecular formula is C21H24N2O5S2. The molecule has 2 aliphatic heterocycles. The van der Waals surface area contributed by atoms with Crippen LogP contribution in [0.2, 0.25) is 0 Å². The fourth-order valence-corrected chi connectivity index (χ4v) is 7.54. The molecule has 3 heterocycles. The van der Waals surface area contributed by atoms with E-state index in [9.17, 15) is 13.2 Å². The molecule has 0 radical (unpaired) electrons. The number of nitrogens with one attached hydrogen (secondary N) is 1. The molecule has 5 rings (SSSR count). The molecule has 1 aliphatic carbocycles. The van der Waals surface area contributed by atoms with Crippen molar-refractivity contribution in [3.05, 3.63) is 35.2 Å². The summed E-state index contributed by atoms with van der Waals surface area (Å²) in [5.74, 6) is 0.437. The van der Waals surface area contributed by atoms with Crippen LogP contribution in [-0.2, 0) is 14.8 Å². The SMILES string of the molecule is Cc1ccc(S(=O)(=O)N2CCC[C@@H]2C(=O)Nc2ccc3c(c2)OC2(CCCC2)O3)s1. The predicted molar refractivity (Wildman–Crippen MR) is 113 cm³/mol. The highest BCUT2D eigenvalue weighted by Gasteiger charge is 2.44. The van der Waals surface area contributed by atoms with E-state index < -0.39 is 21.9 Å². The lowest BCUT2D eigenvalue weighted by molar-refractivity contribution is -0.119. The van der Waals surface area contributed by atoms with Crippen molar-refractivity contribution in [3.63, 3.8) is 0 Å². The third-order valence-electron chi connectivity index (χ3n) is 5.95. The Bertz CT molecular complexity index is 1090. The lowest BCUT2D eigenvalue weighted by atomic mass is 10.2. The first kappa shape index (κ1) is 19.8. The average Bonchev–Trinajstić information content (AvgIpc) is 3.48. The lowest BCUT2D eigenvalue weighted by Gasteiger charge is -2.22. The van der Waals surface area contributed by atoms with Gasteiger partial charge in [0.05, 0.1) is 0 Å². The predicted octanol–water partition coefficient (Wildman–Crippen LogP) is 3.89. The monoisotopic (exact) mass is 448 g/mol. The molecule has 9 heteroatoms. The molecule has 160 valence electrons. The Labute approximate surface area is 180 Å². The van der Waals surface area contributed by atoms with Gasteiger partial charge in [0.15, 0.2) is 11.5 Å². The minimum atomic E-state index is -3.68. The van der Waals surface area contributed by atoms with E-state index in [4.69, 9.17) is 9.47 Å². The van der Waals surface area contributed by atoms with Crippen LogP contribution in [0.25, 0.3) is 0 Å². The zero-order chi connectivity index (χ0) is 20.9. The maximum atomic E-state index is 13.0. The summed E-state index contributed by atoms with van der Waals surface area (Å²) in [7, 11) is -3.68. The van der Waals surface area contributed by atoms with Crippen molar-refractivity contribution in [2.24, 2.45) is 0 Å².